The fraction of sp³-hybridized carbons (Fsp3) is 0.417. The van der Waals surface area contributed by atoms with E-state index >= 15 is 0 Å². The Morgan fingerprint density at radius 2 is 2.29 bits per heavy atom. The normalized spacial score (nSPS) is 12.2. The Morgan fingerprint density at radius 3 is 2.88 bits per heavy atom. The number of carbonyl (C=O) groups is 1. The van der Waals surface area contributed by atoms with Crippen LogP contribution < -0.4 is 11.1 Å². The summed E-state index contributed by atoms with van der Waals surface area (Å²) < 4.78 is 0.886. The number of nitrogens with two attached hydrogens (primary N) is 1. The first kappa shape index (κ1) is 14.7. The molecule has 3 nitrogen and oxygen atoms in total. The van der Waals surface area contributed by atoms with E-state index < -0.39 is 0 Å². The van der Waals surface area contributed by atoms with Crippen molar-refractivity contribution in [3.8, 4) is 0 Å². The molecule has 0 saturated carbocycles. The molecule has 1 rings (SSSR count). The minimum Gasteiger partial charge on any atom is -0.348 e. The molecule has 1 amide bonds. The van der Waals surface area contributed by atoms with E-state index in [4.69, 9.17) is 17.3 Å². The molecule has 1 aromatic carbocycles. The second-order valence-corrected chi connectivity index (χ2v) is 5.42. The van der Waals surface area contributed by atoms with Gasteiger partial charge in [-0.25, -0.2) is 0 Å². The number of amides is 1. The van der Waals surface area contributed by atoms with E-state index in [0.29, 0.717) is 17.1 Å². The number of hydrogen-bond acceptors (Lipinski definition) is 2. The van der Waals surface area contributed by atoms with Gasteiger partial charge in [-0.2, -0.15) is 0 Å². The lowest BCUT2D eigenvalue weighted by atomic mass is 10.1. The molecule has 1 atom stereocenters. The molecule has 0 saturated heterocycles. The predicted octanol–water partition coefficient (Wildman–Crippen LogP) is 2.80. The molecule has 0 heterocycles. The third kappa shape index (κ3) is 4.44. The van der Waals surface area contributed by atoms with Crippen LogP contribution in [0.3, 0.4) is 0 Å². The van der Waals surface area contributed by atoms with Gasteiger partial charge < -0.3 is 11.1 Å². The van der Waals surface area contributed by atoms with Crippen LogP contribution in [0.2, 0.25) is 5.02 Å². The van der Waals surface area contributed by atoms with Crippen molar-refractivity contribution >= 4 is 40.1 Å². The molecule has 0 bridgehead atoms. The van der Waals surface area contributed by atoms with Gasteiger partial charge in [0.05, 0.1) is 5.56 Å². The summed E-state index contributed by atoms with van der Waals surface area (Å²) in [6.45, 7) is 2.52. The lowest BCUT2D eigenvalue weighted by Gasteiger charge is -2.16. The van der Waals surface area contributed by atoms with Crippen molar-refractivity contribution < 1.29 is 4.79 Å². The molecule has 1 unspecified atom stereocenters. The molecular weight excluding hydrogens is 351 g/mol. The highest BCUT2D eigenvalue weighted by Crippen LogP contribution is 2.18. The molecular formula is C12H16ClIN2O. The molecule has 0 aromatic heterocycles. The molecule has 0 spiro atoms. The van der Waals surface area contributed by atoms with Gasteiger partial charge in [-0.15, -0.1) is 0 Å². The van der Waals surface area contributed by atoms with E-state index in [9.17, 15) is 4.79 Å². The first-order valence-corrected chi connectivity index (χ1v) is 7.00. The maximum atomic E-state index is 12.0. The number of carbonyl (C=O) groups excluding carboxylic acids is 1. The molecule has 0 aliphatic carbocycles. The average Bonchev–Trinajstić information content (AvgIpc) is 2.31. The molecule has 0 aliphatic rings. The Balaban J connectivity index is 2.78. The minimum atomic E-state index is -0.110. The summed E-state index contributed by atoms with van der Waals surface area (Å²) in [7, 11) is 0. The topological polar surface area (TPSA) is 55.1 Å². The van der Waals surface area contributed by atoms with Gasteiger partial charge in [0.15, 0.2) is 0 Å². The first-order chi connectivity index (χ1) is 8.08. The van der Waals surface area contributed by atoms with Crippen molar-refractivity contribution in [3.63, 3.8) is 0 Å². The average molecular weight is 367 g/mol. The van der Waals surface area contributed by atoms with Crippen molar-refractivity contribution in [2.45, 2.75) is 25.8 Å². The molecule has 5 heteroatoms. The summed E-state index contributed by atoms with van der Waals surface area (Å²) in [5.41, 5.74) is 6.21. The number of benzene rings is 1. The Kier molecular flexibility index (Phi) is 6.22. The highest BCUT2D eigenvalue weighted by Gasteiger charge is 2.14. The van der Waals surface area contributed by atoms with Crippen molar-refractivity contribution in [2.75, 3.05) is 6.54 Å². The van der Waals surface area contributed by atoms with Crippen LogP contribution in [-0.4, -0.2) is 18.5 Å². The third-order valence-electron chi connectivity index (χ3n) is 2.43. The van der Waals surface area contributed by atoms with Crippen LogP contribution in [0, 0.1) is 3.57 Å². The monoisotopic (exact) mass is 366 g/mol. The van der Waals surface area contributed by atoms with Crippen molar-refractivity contribution in [3.05, 3.63) is 32.4 Å². The van der Waals surface area contributed by atoms with Crippen molar-refractivity contribution in [1.82, 2.24) is 5.32 Å². The van der Waals surface area contributed by atoms with Gasteiger partial charge in [-0.1, -0.05) is 24.9 Å². The Morgan fingerprint density at radius 1 is 1.59 bits per heavy atom. The highest BCUT2D eigenvalue weighted by atomic mass is 127. The van der Waals surface area contributed by atoms with Crippen LogP contribution in [0.15, 0.2) is 18.2 Å². The molecule has 0 fully saturated rings. The van der Waals surface area contributed by atoms with E-state index in [0.717, 1.165) is 16.4 Å². The first-order valence-electron chi connectivity index (χ1n) is 5.54. The van der Waals surface area contributed by atoms with Crippen LogP contribution in [0.1, 0.15) is 30.1 Å². The lowest BCUT2D eigenvalue weighted by Crippen LogP contribution is -2.40. The molecule has 94 valence electrons. The Labute approximate surface area is 120 Å². The number of hydrogen-bond donors (Lipinski definition) is 2. The summed E-state index contributed by atoms with van der Waals surface area (Å²) in [5, 5.41) is 3.49. The summed E-state index contributed by atoms with van der Waals surface area (Å²) in [5.74, 6) is -0.110. The van der Waals surface area contributed by atoms with E-state index in [1.54, 1.807) is 12.1 Å². The van der Waals surface area contributed by atoms with Gasteiger partial charge in [-0.3, -0.25) is 4.79 Å². The van der Waals surface area contributed by atoms with Crippen molar-refractivity contribution in [1.29, 1.82) is 0 Å². The van der Waals surface area contributed by atoms with Gasteiger partial charge in [0.1, 0.15) is 0 Å². The van der Waals surface area contributed by atoms with Gasteiger partial charge in [0, 0.05) is 21.2 Å². The largest absolute Gasteiger partial charge is 0.348 e. The van der Waals surface area contributed by atoms with Crippen LogP contribution >= 0.6 is 34.2 Å². The van der Waals surface area contributed by atoms with Crippen molar-refractivity contribution in [2.24, 2.45) is 5.73 Å². The molecule has 0 radical (unpaired) electrons. The number of nitrogens with one attached hydrogen (secondary N) is 1. The Bertz CT molecular complexity index is 398. The second kappa shape index (κ2) is 7.18. The molecule has 0 aliphatic heterocycles. The van der Waals surface area contributed by atoms with Crippen LogP contribution in [0.25, 0.3) is 0 Å². The zero-order chi connectivity index (χ0) is 12.8. The van der Waals surface area contributed by atoms with Crippen LogP contribution in [0.4, 0.5) is 0 Å². The molecule has 3 N–H and O–H groups in total. The van der Waals surface area contributed by atoms with E-state index in [1.165, 1.54) is 0 Å². The second-order valence-electron chi connectivity index (χ2n) is 3.82. The summed E-state index contributed by atoms with van der Waals surface area (Å²) in [4.78, 5) is 12.0. The molecule has 17 heavy (non-hydrogen) atoms. The number of rotatable bonds is 5. The van der Waals surface area contributed by atoms with Crippen LogP contribution in [0.5, 0.6) is 0 Å². The fourth-order valence-corrected chi connectivity index (χ4v) is 2.28. The third-order valence-corrected chi connectivity index (χ3v) is 3.61. The maximum absolute atomic E-state index is 12.0. The highest BCUT2D eigenvalue weighted by molar-refractivity contribution is 14.1. The lowest BCUT2D eigenvalue weighted by molar-refractivity contribution is 0.0935. The smallest absolute Gasteiger partial charge is 0.252 e. The maximum Gasteiger partial charge on any atom is 0.252 e. The fourth-order valence-electron chi connectivity index (χ4n) is 1.53. The van der Waals surface area contributed by atoms with Gasteiger partial charge in [0.25, 0.3) is 5.91 Å². The van der Waals surface area contributed by atoms with E-state index in [2.05, 4.69) is 34.8 Å². The summed E-state index contributed by atoms with van der Waals surface area (Å²) in [6.07, 6.45) is 1.88. The SMILES string of the molecule is CCCC(CN)NC(=O)c1cc(Cl)ccc1I. The number of halogens is 2. The van der Waals surface area contributed by atoms with E-state index in [1.807, 2.05) is 6.07 Å². The summed E-state index contributed by atoms with van der Waals surface area (Å²) >= 11 is 8.01. The molecule has 1 aromatic rings. The van der Waals surface area contributed by atoms with Gasteiger partial charge in [-0.05, 0) is 47.2 Å². The zero-order valence-electron chi connectivity index (χ0n) is 9.67. The van der Waals surface area contributed by atoms with Gasteiger partial charge in [0.2, 0.25) is 0 Å². The van der Waals surface area contributed by atoms with Gasteiger partial charge >= 0.3 is 0 Å². The zero-order valence-corrected chi connectivity index (χ0v) is 12.6. The quantitative estimate of drug-likeness (QED) is 0.787. The standard InChI is InChI=1S/C12H16ClIN2O/c1-2-3-9(7-15)16-12(17)10-6-8(13)4-5-11(10)14/h4-6,9H,2-3,7,15H2,1H3,(H,16,17). The Hall–Kier alpha value is -0.330. The van der Waals surface area contributed by atoms with E-state index in [-0.39, 0.29) is 11.9 Å². The summed E-state index contributed by atoms with van der Waals surface area (Å²) in [6, 6.07) is 5.31. The minimum absolute atomic E-state index is 0.0299. The predicted molar refractivity (Wildman–Crippen MR) is 79.4 cm³/mol. The van der Waals surface area contributed by atoms with Crippen LogP contribution in [-0.2, 0) is 0 Å².